The third-order valence-corrected chi connectivity index (χ3v) is 4.53. The maximum Gasteiger partial charge on any atom is 0.231 e. The van der Waals surface area contributed by atoms with Gasteiger partial charge in [0, 0.05) is 6.20 Å². The highest BCUT2D eigenvalue weighted by atomic mass is 35.5. The molecule has 0 spiro atoms. The van der Waals surface area contributed by atoms with Crippen molar-refractivity contribution >= 4 is 46.0 Å². The van der Waals surface area contributed by atoms with Crippen molar-refractivity contribution in [2.24, 2.45) is 5.92 Å². The van der Waals surface area contributed by atoms with Crippen LogP contribution < -0.4 is 5.32 Å². The second-order valence-corrected chi connectivity index (χ2v) is 6.40. The normalized spacial score (nSPS) is 19.5. The van der Waals surface area contributed by atoms with Gasteiger partial charge in [-0.25, -0.2) is 14.4 Å². The Balaban J connectivity index is 1.76. The highest BCUT2D eigenvalue weighted by molar-refractivity contribution is 6.39. The first-order valence-electron chi connectivity index (χ1n) is 7.28. The van der Waals surface area contributed by atoms with Gasteiger partial charge in [-0.1, -0.05) is 29.3 Å². The van der Waals surface area contributed by atoms with Gasteiger partial charge in [-0.05, 0) is 24.6 Å². The predicted octanol–water partition coefficient (Wildman–Crippen LogP) is 4.23. The third kappa shape index (κ3) is 2.61. The summed E-state index contributed by atoms with van der Waals surface area (Å²) < 4.78 is 13.0. The average Bonchev–Trinajstić information content (AvgIpc) is 3.11. The van der Waals surface area contributed by atoms with E-state index in [1.807, 2.05) is 0 Å². The number of hydrogen-bond acceptors (Lipinski definition) is 3. The van der Waals surface area contributed by atoms with Gasteiger partial charge >= 0.3 is 0 Å². The molecule has 4 rings (SSSR count). The minimum Gasteiger partial charge on any atom is -0.335 e. The lowest BCUT2D eigenvalue weighted by Gasteiger charge is -2.04. The lowest BCUT2D eigenvalue weighted by atomic mass is 10.2. The van der Waals surface area contributed by atoms with E-state index in [9.17, 15) is 9.18 Å². The van der Waals surface area contributed by atoms with Gasteiger partial charge in [-0.3, -0.25) is 4.79 Å². The van der Waals surface area contributed by atoms with E-state index in [0.717, 1.165) is 0 Å². The lowest BCUT2D eigenvalue weighted by molar-refractivity contribution is -0.117. The number of hydrogen-bond donors (Lipinski definition) is 2. The van der Waals surface area contributed by atoms with Crippen LogP contribution in [0.3, 0.4) is 0 Å². The maximum absolute atomic E-state index is 13.0. The summed E-state index contributed by atoms with van der Waals surface area (Å²) in [5.41, 5.74) is 1.70. The quantitative estimate of drug-likeness (QED) is 0.730. The zero-order valence-electron chi connectivity index (χ0n) is 12.2. The van der Waals surface area contributed by atoms with Gasteiger partial charge in [-0.2, -0.15) is 0 Å². The smallest absolute Gasteiger partial charge is 0.231 e. The summed E-state index contributed by atoms with van der Waals surface area (Å²) in [6.45, 7) is 0. The number of amides is 1. The minimum atomic E-state index is -1.07. The Morgan fingerprint density at radius 1 is 1.29 bits per heavy atom. The Morgan fingerprint density at radius 2 is 2.00 bits per heavy atom. The number of halogens is 3. The van der Waals surface area contributed by atoms with Crippen molar-refractivity contribution in [3.63, 3.8) is 0 Å². The molecule has 1 amide bonds. The van der Waals surface area contributed by atoms with E-state index >= 15 is 0 Å². The van der Waals surface area contributed by atoms with E-state index in [1.54, 1.807) is 24.3 Å². The van der Waals surface area contributed by atoms with Crippen LogP contribution in [0.2, 0.25) is 10.0 Å². The molecule has 1 saturated carbocycles. The summed E-state index contributed by atoms with van der Waals surface area (Å²) >= 11 is 12.4. The van der Waals surface area contributed by atoms with Crippen molar-refractivity contribution in [1.29, 1.82) is 0 Å². The van der Waals surface area contributed by atoms with Gasteiger partial charge in [-0.15, -0.1) is 0 Å². The number of rotatable bonds is 3. The summed E-state index contributed by atoms with van der Waals surface area (Å²) in [6, 6.07) is 6.87. The molecule has 122 valence electrons. The third-order valence-electron chi connectivity index (χ3n) is 3.90. The molecule has 0 unspecified atom stereocenters. The van der Waals surface area contributed by atoms with Crippen LogP contribution in [0.5, 0.6) is 0 Å². The van der Waals surface area contributed by atoms with E-state index in [2.05, 4.69) is 20.3 Å². The first-order valence-corrected chi connectivity index (χ1v) is 8.04. The number of carbonyl (C=O) groups is 1. The monoisotopic (exact) mass is 364 g/mol. The summed E-state index contributed by atoms with van der Waals surface area (Å²) in [6.07, 6.45) is 0.713. The Kier molecular flexibility index (Phi) is 3.66. The second kappa shape index (κ2) is 5.72. The fourth-order valence-corrected chi connectivity index (χ4v) is 3.09. The first kappa shape index (κ1) is 15.4. The predicted molar refractivity (Wildman–Crippen MR) is 91.0 cm³/mol. The van der Waals surface area contributed by atoms with Gasteiger partial charge in [0.25, 0.3) is 0 Å². The number of pyridine rings is 1. The number of aromatic amines is 1. The minimum absolute atomic E-state index is 0.255. The maximum atomic E-state index is 13.0. The molecule has 0 radical (unpaired) electrons. The molecular weight excluding hydrogens is 354 g/mol. The molecule has 0 saturated heterocycles. The Bertz CT molecular complexity index is 938. The Morgan fingerprint density at radius 3 is 2.67 bits per heavy atom. The Labute approximate surface area is 146 Å². The summed E-state index contributed by atoms with van der Waals surface area (Å²) in [4.78, 5) is 23.6. The number of imidazole rings is 1. The largest absolute Gasteiger partial charge is 0.335 e. The van der Waals surface area contributed by atoms with E-state index in [1.165, 1.54) is 6.20 Å². The summed E-state index contributed by atoms with van der Waals surface area (Å²) in [5, 5.41) is 3.56. The first-order chi connectivity index (χ1) is 11.5. The van der Waals surface area contributed by atoms with Gasteiger partial charge in [0.2, 0.25) is 5.91 Å². The summed E-state index contributed by atoms with van der Waals surface area (Å²) in [5.74, 6) is -0.200. The zero-order chi connectivity index (χ0) is 16.8. The van der Waals surface area contributed by atoms with Crippen molar-refractivity contribution in [2.45, 2.75) is 12.6 Å². The van der Waals surface area contributed by atoms with Crippen LogP contribution in [-0.2, 0) is 4.79 Å². The second-order valence-electron chi connectivity index (χ2n) is 5.58. The Hall–Kier alpha value is -2.18. The molecule has 1 aliphatic rings. The number of nitrogens with zero attached hydrogens (tertiary/aromatic N) is 2. The topological polar surface area (TPSA) is 70.7 Å². The molecule has 2 heterocycles. The number of aromatic nitrogens is 3. The van der Waals surface area contributed by atoms with Crippen LogP contribution in [-0.4, -0.2) is 27.0 Å². The number of nitrogens with one attached hydrogen (secondary N) is 2. The van der Waals surface area contributed by atoms with Crippen LogP contribution in [0.15, 0.2) is 30.5 Å². The molecule has 1 aliphatic carbocycles. The van der Waals surface area contributed by atoms with Gasteiger partial charge < -0.3 is 10.3 Å². The molecular formula is C16H11Cl2FN4O. The van der Waals surface area contributed by atoms with Crippen LogP contribution in [0.1, 0.15) is 6.42 Å². The molecule has 1 fully saturated rings. The number of carbonyl (C=O) groups excluding carboxylic acids is 1. The lowest BCUT2D eigenvalue weighted by Crippen LogP contribution is -2.16. The molecule has 2 atom stereocenters. The number of fused-ring (bicyclic) bond motifs is 1. The molecule has 0 aliphatic heterocycles. The molecule has 0 bridgehead atoms. The highest BCUT2D eigenvalue weighted by Gasteiger charge is 2.43. The molecule has 2 aromatic heterocycles. The van der Waals surface area contributed by atoms with Crippen LogP contribution in [0.25, 0.3) is 22.4 Å². The fourth-order valence-electron chi connectivity index (χ4n) is 2.52. The SMILES string of the molecule is O=C(Nc1nccc2nc(-c3c(Cl)cccc3Cl)[nH]c12)[C@H]1C[C@@H]1F. The van der Waals surface area contributed by atoms with E-state index in [-0.39, 0.29) is 12.3 Å². The van der Waals surface area contributed by atoms with E-state index in [4.69, 9.17) is 23.2 Å². The van der Waals surface area contributed by atoms with Crippen molar-refractivity contribution in [2.75, 3.05) is 5.32 Å². The van der Waals surface area contributed by atoms with Crippen molar-refractivity contribution in [3.8, 4) is 11.4 Å². The van der Waals surface area contributed by atoms with Crippen molar-refractivity contribution < 1.29 is 9.18 Å². The van der Waals surface area contributed by atoms with Gasteiger partial charge in [0.05, 0.1) is 27.0 Å². The standard InChI is InChI=1S/C16H11Cl2FN4O/c17-8-2-1-3-9(18)12(8)14-21-11-4-5-20-15(13(11)22-14)23-16(24)7-6-10(7)19/h1-5,7,10H,6H2,(H,21,22)(H,20,23,24)/t7-,10-/m0/s1. The molecule has 3 aromatic rings. The number of benzene rings is 1. The fraction of sp³-hybridized carbons (Fsp3) is 0.188. The zero-order valence-corrected chi connectivity index (χ0v) is 13.7. The number of H-pyrrole nitrogens is 1. The number of anilines is 1. The van der Waals surface area contributed by atoms with Crippen molar-refractivity contribution in [1.82, 2.24) is 15.0 Å². The van der Waals surface area contributed by atoms with Crippen LogP contribution in [0, 0.1) is 5.92 Å². The van der Waals surface area contributed by atoms with E-state index in [0.29, 0.717) is 38.3 Å². The average molecular weight is 365 g/mol. The van der Waals surface area contributed by atoms with Gasteiger partial charge in [0.15, 0.2) is 5.82 Å². The van der Waals surface area contributed by atoms with Crippen LogP contribution in [0.4, 0.5) is 10.2 Å². The van der Waals surface area contributed by atoms with Crippen LogP contribution >= 0.6 is 23.2 Å². The molecule has 24 heavy (non-hydrogen) atoms. The summed E-state index contributed by atoms with van der Waals surface area (Å²) in [7, 11) is 0. The van der Waals surface area contributed by atoms with Crippen molar-refractivity contribution in [3.05, 3.63) is 40.5 Å². The number of alkyl halides is 1. The molecule has 8 heteroatoms. The van der Waals surface area contributed by atoms with E-state index < -0.39 is 12.1 Å². The van der Waals surface area contributed by atoms with Gasteiger partial charge in [0.1, 0.15) is 17.5 Å². The molecule has 2 N–H and O–H groups in total. The molecule has 1 aromatic carbocycles. The highest BCUT2D eigenvalue weighted by Crippen LogP contribution is 2.36. The molecule has 5 nitrogen and oxygen atoms in total.